The topological polar surface area (TPSA) is 73.8 Å². The minimum atomic E-state index is -3.10. The molecule has 29 heavy (non-hydrogen) atoms. The number of halogens is 1. The summed E-state index contributed by atoms with van der Waals surface area (Å²) in [5.74, 6) is 1.07. The highest BCUT2D eigenvalue weighted by Crippen LogP contribution is 2.11. The van der Waals surface area contributed by atoms with Gasteiger partial charge in [0.15, 0.2) is 15.8 Å². The van der Waals surface area contributed by atoms with Crippen molar-refractivity contribution in [3.63, 3.8) is 0 Å². The van der Waals surface area contributed by atoms with Crippen LogP contribution in [-0.2, 0) is 15.6 Å². The molecular formula is C21H37IN4O2S. The van der Waals surface area contributed by atoms with Gasteiger partial charge in [-0.2, -0.15) is 0 Å². The van der Waals surface area contributed by atoms with Crippen LogP contribution in [0.1, 0.15) is 45.1 Å². The molecular weight excluding hydrogens is 499 g/mol. The van der Waals surface area contributed by atoms with Gasteiger partial charge in [0.2, 0.25) is 0 Å². The Morgan fingerprint density at radius 2 is 1.86 bits per heavy atom. The van der Waals surface area contributed by atoms with E-state index in [1.165, 1.54) is 13.0 Å². The number of nitrogens with one attached hydrogen (secondary N) is 2. The maximum atomic E-state index is 12.3. The summed E-state index contributed by atoms with van der Waals surface area (Å²) < 4.78 is 24.6. The summed E-state index contributed by atoms with van der Waals surface area (Å²) in [6, 6.07) is 9.79. The quantitative estimate of drug-likeness (QED) is 0.208. The predicted octanol–water partition coefficient (Wildman–Crippen LogP) is 3.04. The largest absolute Gasteiger partial charge is 0.357 e. The number of hydrogen-bond acceptors (Lipinski definition) is 4. The van der Waals surface area contributed by atoms with E-state index in [0.29, 0.717) is 19.0 Å². The van der Waals surface area contributed by atoms with E-state index >= 15 is 0 Å². The van der Waals surface area contributed by atoms with Crippen molar-refractivity contribution < 1.29 is 8.42 Å². The monoisotopic (exact) mass is 536 g/mol. The summed E-state index contributed by atoms with van der Waals surface area (Å²) in [4.78, 5) is 7.10. The number of sulfone groups is 1. The Bertz CT molecular complexity index is 690. The van der Waals surface area contributed by atoms with Gasteiger partial charge >= 0.3 is 0 Å². The zero-order chi connectivity index (χ0) is 20.2. The first-order chi connectivity index (χ1) is 13.5. The molecule has 6 nitrogen and oxygen atoms in total. The van der Waals surface area contributed by atoms with Gasteiger partial charge in [0.25, 0.3) is 0 Å². The predicted molar refractivity (Wildman–Crippen MR) is 133 cm³/mol. The molecule has 0 radical (unpaired) electrons. The van der Waals surface area contributed by atoms with E-state index in [1.807, 2.05) is 37.3 Å². The van der Waals surface area contributed by atoms with Gasteiger partial charge in [0.05, 0.1) is 11.5 Å². The minimum absolute atomic E-state index is 0. The molecule has 1 aromatic carbocycles. The van der Waals surface area contributed by atoms with Crippen LogP contribution >= 0.6 is 24.0 Å². The van der Waals surface area contributed by atoms with Gasteiger partial charge < -0.3 is 15.5 Å². The zero-order valence-corrected chi connectivity index (χ0v) is 20.9. The van der Waals surface area contributed by atoms with Crippen LogP contribution in [-0.4, -0.2) is 63.8 Å². The van der Waals surface area contributed by atoms with Crippen LogP contribution < -0.4 is 10.6 Å². The lowest BCUT2D eigenvalue weighted by atomic mass is 10.1. The molecule has 2 N–H and O–H groups in total. The maximum Gasteiger partial charge on any atom is 0.191 e. The van der Waals surface area contributed by atoms with Gasteiger partial charge in [-0.3, -0.25) is 4.99 Å². The van der Waals surface area contributed by atoms with Crippen molar-refractivity contribution in [2.24, 2.45) is 4.99 Å². The molecule has 0 spiro atoms. The van der Waals surface area contributed by atoms with Crippen molar-refractivity contribution in [2.45, 2.75) is 51.3 Å². The molecule has 0 atom stereocenters. The van der Waals surface area contributed by atoms with Crippen molar-refractivity contribution in [3.8, 4) is 0 Å². The molecule has 8 heteroatoms. The van der Waals surface area contributed by atoms with Crippen LogP contribution in [0.3, 0.4) is 0 Å². The van der Waals surface area contributed by atoms with E-state index < -0.39 is 9.84 Å². The Balaban J connectivity index is 0.00000420. The first-order valence-corrected chi connectivity index (χ1v) is 12.4. The number of aliphatic imine (C=N–C) groups is 1. The molecule has 2 rings (SSSR count). The normalized spacial score (nSPS) is 16.3. The molecule has 1 fully saturated rings. The highest BCUT2D eigenvalue weighted by molar-refractivity contribution is 14.0. The maximum absolute atomic E-state index is 12.3. The number of nitrogens with zero attached hydrogens (tertiary/aromatic N) is 2. The van der Waals surface area contributed by atoms with Crippen molar-refractivity contribution in [2.75, 3.05) is 38.5 Å². The lowest BCUT2D eigenvalue weighted by Gasteiger charge is -2.32. The lowest BCUT2D eigenvalue weighted by molar-refractivity contribution is 0.206. The summed E-state index contributed by atoms with van der Waals surface area (Å²) in [5.41, 5.74) is 0.843. The van der Waals surface area contributed by atoms with Gasteiger partial charge in [0, 0.05) is 32.2 Å². The second kappa shape index (κ2) is 14.2. The van der Waals surface area contributed by atoms with E-state index in [1.54, 1.807) is 0 Å². The molecule has 166 valence electrons. The Kier molecular flexibility index (Phi) is 12.8. The van der Waals surface area contributed by atoms with E-state index in [9.17, 15) is 8.42 Å². The van der Waals surface area contributed by atoms with Crippen LogP contribution in [0.4, 0.5) is 0 Å². The lowest BCUT2D eigenvalue weighted by Crippen LogP contribution is -2.48. The Morgan fingerprint density at radius 1 is 1.17 bits per heavy atom. The molecule has 1 aliphatic rings. The first kappa shape index (κ1) is 26.2. The number of rotatable bonds is 10. The van der Waals surface area contributed by atoms with E-state index in [4.69, 9.17) is 0 Å². The fourth-order valence-electron chi connectivity index (χ4n) is 3.51. The molecule has 1 heterocycles. The van der Waals surface area contributed by atoms with E-state index in [-0.39, 0.29) is 35.5 Å². The second-order valence-corrected chi connectivity index (χ2v) is 9.64. The fraction of sp³-hybridized carbons (Fsp3) is 0.667. The van der Waals surface area contributed by atoms with E-state index in [0.717, 1.165) is 44.0 Å². The van der Waals surface area contributed by atoms with Crippen molar-refractivity contribution in [1.82, 2.24) is 15.5 Å². The fourth-order valence-corrected chi connectivity index (χ4v) is 4.92. The molecule has 0 amide bonds. The molecule has 0 aliphatic carbocycles. The number of likely N-dealkylation sites (tertiary alicyclic amines) is 1. The molecule has 0 saturated carbocycles. The summed E-state index contributed by atoms with van der Waals surface area (Å²) >= 11 is 0. The standard InChI is InChI=1S/C21H36N4O2S.HI/c1-3-14-25-15-11-20(12-16-25)24-21(22-4-2)23-13-8-17-28(26,27)18-19-9-6-5-7-10-19;/h5-7,9-10,20H,3-4,8,11-18H2,1-2H3,(H2,22,23,24);1H. The first-order valence-electron chi connectivity index (χ1n) is 10.5. The van der Waals surface area contributed by atoms with Crippen LogP contribution in [0.2, 0.25) is 0 Å². The van der Waals surface area contributed by atoms with Gasteiger partial charge in [-0.05, 0) is 44.7 Å². The van der Waals surface area contributed by atoms with Gasteiger partial charge in [0.1, 0.15) is 0 Å². The molecule has 0 aromatic heterocycles. The van der Waals surface area contributed by atoms with Crippen LogP contribution in [0, 0.1) is 0 Å². The van der Waals surface area contributed by atoms with Crippen molar-refractivity contribution in [3.05, 3.63) is 35.9 Å². The third-order valence-corrected chi connectivity index (χ3v) is 6.61. The molecule has 1 aromatic rings. The van der Waals surface area contributed by atoms with E-state index in [2.05, 4.69) is 27.4 Å². The molecule has 1 saturated heterocycles. The highest BCUT2D eigenvalue weighted by atomic mass is 127. The third kappa shape index (κ3) is 10.6. The summed E-state index contributed by atoms with van der Waals surface area (Å²) in [6.45, 7) is 9.01. The number of hydrogen-bond donors (Lipinski definition) is 2. The molecule has 0 bridgehead atoms. The highest BCUT2D eigenvalue weighted by Gasteiger charge is 2.19. The average Bonchev–Trinajstić information content (AvgIpc) is 2.67. The van der Waals surface area contributed by atoms with Crippen molar-refractivity contribution in [1.29, 1.82) is 0 Å². The summed E-state index contributed by atoms with van der Waals surface area (Å²) in [6.07, 6.45) is 3.99. The summed E-state index contributed by atoms with van der Waals surface area (Å²) in [7, 11) is -3.10. The second-order valence-electron chi connectivity index (χ2n) is 7.45. The Morgan fingerprint density at radius 3 is 2.48 bits per heavy atom. The minimum Gasteiger partial charge on any atom is -0.357 e. The SMILES string of the molecule is CCCN1CCC(NC(=NCCCS(=O)(=O)Cc2ccccc2)NCC)CC1.I. The zero-order valence-electron chi connectivity index (χ0n) is 17.8. The Hall–Kier alpha value is -0.870. The third-order valence-electron chi connectivity index (χ3n) is 4.93. The number of piperidine rings is 1. The van der Waals surface area contributed by atoms with Crippen LogP contribution in [0.25, 0.3) is 0 Å². The smallest absolute Gasteiger partial charge is 0.191 e. The number of benzene rings is 1. The molecule has 1 aliphatic heterocycles. The van der Waals surface area contributed by atoms with Crippen LogP contribution in [0.15, 0.2) is 35.3 Å². The molecule has 0 unspecified atom stereocenters. The van der Waals surface area contributed by atoms with Gasteiger partial charge in [-0.1, -0.05) is 37.3 Å². The van der Waals surface area contributed by atoms with Crippen molar-refractivity contribution >= 4 is 39.8 Å². The summed E-state index contributed by atoms with van der Waals surface area (Å²) in [5, 5.41) is 6.80. The van der Waals surface area contributed by atoms with Crippen LogP contribution in [0.5, 0.6) is 0 Å². The Labute approximate surface area is 193 Å². The number of guanidine groups is 1. The van der Waals surface area contributed by atoms with Gasteiger partial charge in [-0.15, -0.1) is 24.0 Å². The average molecular weight is 537 g/mol. The van der Waals surface area contributed by atoms with Gasteiger partial charge in [-0.25, -0.2) is 8.42 Å².